The third-order valence-electron chi connectivity index (χ3n) is 3.00. The number of carbonyl (C=O) groups excluding carboxylic acids is 1. The summed E-state index contributed by atoms with van der Waals surface area (Å²) in [7, 11) is 0. The molecule has 0 spiro atoms. The molecule has 0 radical (unpaired) electrons. The topological polar surface area (TPSA) is 55.6 Å². The van der Waals surface area contributed by atoms with Gasteiger partial charge in [0.2, 0.25) is 0 Å². The van der Waals surface area contributed by atoms with Crippen molar-refractivity contribution in [3.8, 4) is 0 Å². The van der Waals surface area contributed by atoms with Crippen LogP contribution in [0.5, 0.6) is 0 Å². The Kier molecular flexibility index (Phi) is 5.77. The Bertz CT molecular complexity index is 211. The standard InChI is InChI=1S/C12H24N2O2/c1-10(2)16-12(15)9-14-7-4-11(3-6-13)5-8-14/h10-11H,3-9,13H2,1-2H3. The van der Waals surface area contributed by atoms with Gasteiger partial charge >= 0.3 is 5.97 Å². The van der Waals surface area contributed by atoms with Crippen molar-refractivity contribution >= 4 is 5.97 Å². The maximum absolute atomic E-state index is 11.4. The molecule has 0 saturated carbocycles. The van der Waals surface area contributed by atoms with Crippen LogP contribution in [0.15, 0.2) is 0 Å². The second-order valence-corrected chi connectivity index (χ2v) is 4.84. The van der Waals surface area contributed by atoms with Crippen LogP contribution in [0.4, 0.5) is 0 Å². The molecule has 1 aliphatic rings. The van der Waals surface area contributed by atoms with E-state index >= 15 is 0 Å². The fourth-order valence-corrected chi connectivity index (χ4v) is 2.15. The van der Waals surface area contributed by atoms with Crippen LogP contribution < -0.4 is 5.73 Å². The summed E-state index contributed by atoms with van der Waals surface area (Å²) in [6.45, 7) is 6.97. The third kappa shape index (κ3) is 4.94. The number of hydrogen-bond donors (Lipinski definition) is 1. The molecule has 0 aromatic heterocycles. The Morgan fingerprint density at radius 3 is 2.56 bits per heavy atom. The molecule has 1 rings (SSSR count). The Labute approximate surface area is 98.1 Å². The van der Waals surface area contributed by atoms with Crippen molar-refractivity contribution in [2.45, 2.75) is 39.2 Å². The lowest BCUT2D eigenvalue weighted by molar-refractivity contribution is -0.149. The lowest BCUT2D eigenvalue weighted by Crippen LogP contribution is -2.38. The third-order valence-corrected chi connectivity index (χ3v) is 3.00. The van der Waals surface area contributed by atoms with Crippen LogP contribution in [0.3, 0.4) is 0 Å². The molecule has 0 aromatic carbocycles. The first-order chi connectivity index (χ1) is 7.61. The second kappa shape index (κ2) is 6.86. The van der Waals surface area contributed by atoms with Crippen molar-refractivity contribution in [2.75, 3.05) is 26.2 Å². The summed E-state index contributed by atoms with van der Waals surface area (Å²) < 4.78 is 5.13. The minimum atomic E-state index is -0.104. The first-order valence-electron chi connectivity index (χ1n) is 6.23. The average molecular weight is 228 g/mol. The molecule has 94 valence electrons. The minimum absolute atomic E-state index is 0.0118. The molecule has 1 aliphatic heterocycles. The monoisotopic (exact) mass is 228 g/mol. The van der Waals surface area contributed by atoms with E-state index in [0.29, 0.717) is 6.54 Å². The molecule has 1 saturated heterocycles. The Morgan fingerprint density at radius 2 is 2.06 bits per heavy atom. The number of ether oxygens (including phenoxy) is 1. The van der Waals surface area contributed by atoms with Gasteiger partial charge in [0.1, 0.15) is 0 Å². The van der Waals surface area contributed by atoms with Crippen molar-refractivity contribution < 1.29 is 9.53 Å². The maximum Gasteiger partial charge on any atom is 0.320 e. The lowest BCUT2D eigenvalue weighted by Gasteiger charge is -2.31. The van der Waals surface area contributed by atoms with E-state index in [0.717, 1.165) is 44.8 Å². The molecule has 0 atom stereocenters. The number of hydrogen-bond acceptors (Lipinski definition) is 4. The molecule has 0 amide bonds. The highest BCUT2D eigenvalue weighted by Gasteiger charge is 2.20. The van der Waals surface area contributed by atoms with Crippen LogP contribution in [0.2, 0.25) is 0 Å². The zero-order chi connectivity index (χ0) is 12.0. The molecule has 0 unspecified atom stereocenters. The van der Waals surface area contributed by atoms with Gasteiger partial charge < -0.3 is 10.5 Å². The van der Waals surface area contributed by atoms with Gasteiger partial charge in [-0.1, -0.05) is 0 Å². The Hall–Kier alpha value is -0.610. The smallest absolute Gasteiger partial charge is 0.320 e. The molecule has 0 aromatic rings. The summed E-state index contributed by atoms with van der Waals surface area (Å²) >= 11 is 0. The van der Waals surface area contributed by atoms with Gasteiger partial charge in [-0.2, -0.15) is 0 Å². The maximum atomic E-state index is 11.4. The van der Waals surface area contributed by atoms with Crippen molar-refractivity contribution in [3.05, 3.63) is 0 Å². The minimum Gasteiger partial charge on any atom is -0.462 e. The van der Waals surface area contributed by atoms with Crippen LogP contribution in [-0.4, -0.2) is 43.2 Å². The molecule has 0 aliphatic carbocycles. The number of nitrogens with two attached hydrogens (primary N) is 1. The van der Waals surface area contributed by atoms with Crippen LogP contribution in [0.25, 0.3) is 0 Å². The van der Waals surface area contributed by atoms with E-state index in [1.54, 1.807) is 0 Å². The molecular formula is C12H24N2O2. The molecule has 1 fully saturated rings. The van der Waals surface area contributed by atoms with E-state index in [-0.39, 0.29) is 12.1 Å². The van der Waals surface area contributed by atoms with Gasteiger partial charge in [0.15, 0.2) is 0 Å². The van der Waals surface area contributed by atoms with Crippen LogP contribution in [-0.2, 0) is 9.53 Å². The van der Waals surface area contributed by atoms with Crippen LogP contribution in [0.1, 0.15) is 33.1 Å². The highest BCUT2D eigenvalue weighted by Crippen LogP contribution is 2.19. The van der Waals surface area contributed by atoms with E-state index in [1.807, 2.05) is 13.8 Å². The van der Waals surface area contributed by atoms with E-state index in [1.165, 1.54) is 0 Å². The molecule has 2 N–H and O–H groups in total. The van der Waals surface area contributed by atoms with E-state index in [2.05, 4.69) is 4.90 Å². The van der Waals surface area contributed by atoms with E-state index in [9.17, 15) is 4.79 Å². The summed E-state index contributed by atoms with van der Waals surface area (Å²) in [5.74, 6) is 0.648. The normalized spacial score (nSPS) is 19.0. The molecule has 4 nitrogen and oxygen atoms in total. The van der Waals surface area contributed by atoms with Crippen molar-refractivity contribution in [3.63, 3.8) is 0 Å². The fraction of sp³-hybridized carbons (Fsp3) is 0.917. The molecule has 4 heteroatoms. The molecule has 16 heavy (non-hydrogen) atoms. The number of nitrogens with zero attached hydrogens (tertiary/aromatic N) is 1. The predicted octanol–water partition coefficient (Wildman–Crippen LogP) is 0.999. The summed E-state index contributed by atoms with van der Waals surface area (Å²) in [5.41, 5.74) is 5.54. The van der Waals surface area contributed by atoms with Crippen LogP contribution in [0, 0.1) is 5.92 Å². The quantitative estimate of drug-likeness (QED) is 0.713. The van der Waals surface area contributed by atoms with Crippen molar-refractivity contribution in [2.24, 2.45) is 11.7 Å². The van der Waals surface area contributed by atoms with Crippen molar-refractivity contribution in [1.29, 1.82) is 0 Å². The predicted molar refractivity (Wildman–Crippen MR) is 64.1 cm³/mol. The number of rotatable bonds is 5. The van der Waals surface area contributed by atoms with Gasteiger partial charge in [0, 0.05) is 0 Å². The Balaban J connectivity index is 2.19. The van der Waals surface area contributed by atoms with Gasteiger partial charge in [-0.3, -0.25) is 9.69 Å². The Morgan fingerprint density at radius 1 is 1.44 bits per heavy atom. The molecule has 1 heterocycles. The second-order valence-electron chi connectivity index (χ2n) is 4.84. The highest BCUT2D eigenvalue weighted by molar-refractivity contribution is 5.71. The van der Waals surface area contributed by atoms with Gasteiger partial charge in [0.05, 0.1) is 12.6 Å². The SMILES string of the molecule is CC(C)OC(=O)CN1CCC(CCN)CC1. The number of likely N-dealkylation sites (tertiary alicyclic amines) is 1. The van der Waals surface area contributed by atoms with Gasteiger partial charge in [-0.25, -0.2) is 0 Å². The zero-order valence-electron chi connectivity index (χ0n) is 10.4. The fourth-order valence-electron chi connectivity index (χ4n) is 2.15. The van der Waals surface area contributed by atoms with E-state index in [4.69, 9.17) is 10.5 Å². The molecule has 0 bridgehead atoms. The van der Waals surface area contributed by atoms with Gasteiger partial charge in [-0.05, 0) is 58.7 Å². The average Bonchev–Trinajstić information content (AvgIpc) is 2.20. The summed E-state index contributed by atoms with van der Waals surface area (Å²) in [5, 5.41) is 0. The summed E-state index contributed by atoms with van der Waals surface area (Å²) in [4.78, 5) is 13.6. The van der Waals surface area contributed by atoms with E-state index < -0.39 is 0 Å². The van der Waals surface area contributed by atoms with Gasteiger partial charge in [0.25, 0.3) is 0 Å². The van der Waals surface area contributed by atoms with Gasteiger partial charge in [-0.15, -0.1) is 0 Å². The van der Waals surface area contributed by atoms with Crippen molar-refractivity contribution in [1.82, 2.24) is 4.90 Å². The first kappa shape index (κ1) is 13.5. The summed E-state index contributed by atoms with van der Waals surface area (Å²) in [6.07, 6.45) is 3.42. The lowest BCUT2D eigenvalue weighted by atomic mass is 9.94. The van der Waals surface area contributed by atoms with Crippen LogP contribution >= 0.6 is 0 Å². The zero-order valence-corrected chi connectivity index (χ0v) is 10.4. The molecular weight excluding hydrogens is 204 g/mol. The number of carbonyl (C=O) groups is 1. The largest absolute Gasteiger partial charge is 0.462 e. The number of piperidine rings is 1. The highest BCUT2D eigenvalue weighted by atomic mass is 16.5. The number of esters is 1. The summed E-state index contributed by atoms with van der Waals surface area (Å²) in [6, 6.07) is 0. The first-order valence-corrected chi connectivity index (χ1v) is 6.23.